The highest BCUT2D eigenvalue weighted by molar-refractivity contribution is 14.0. The van der Waals surface area contributed by atoms with Gasteiger partial charge in [0, 0.05) is 6.04 Å². The predicted octanol–water partition coefficient (Wildman–Crippen LogP) is 3.03. The second-order valence-electron chi connectivity index (χ2n) is 5.35. The molecule has 2 rings (SSSR count). The standard InChI is InChI=1S/C13H25N3.HI/c1-2-6-10-9-12(10)16-13(14)15-11-7-4-3-5-8-11;/h10-12H,2-9H2,1H3,(H3,14,15,16);1H. The molecule has 0 spiro atoms. The predicted molar refractivity (Wildman–Crippen MR) is 83.8 cm³/mol. The van der Waals surface area contributed by atoms with Crippen molar-refractivity contribution in [2.45, 2.75) is 70.4 Å². The molecule has 0 radical (unpaired) electrons. The van der Waals surface area contributed by atoms with Crippen LogP contribution in [0.15, 0.2) is 4.99 Å². The van der Waals surface area contributed by atoms with Gasteiger partial charge in [-0.3, -0.25) is 0 Å². The number of hydrogen-bond donors (Lipinski definition) is 2. The van der Waals surface area contributed by atoms with Crippen LogP contribution in [0.1, 0.15) is 58.3 Å². The van der Waals surface area contributed by atoms with E-state index in [9.17, 15) is 0 Å². The Balaban J connectivity index is 0.00000144. The van der Waals surface area contributed by atoms with Gasteiger partial charge >= 0.3 is 0 Å². The van der Waals surface area contributed by atoms with Crippen LogP contribution >= 0.6 is 24.0 Å². The van der Waals surface area contributed by atoms with Gasteiger partial charge < -0.3 is 11.1 Å². The first-order chi connectivity index (χ1) is 7.79. The van der Waals surface area contributed by atoms with Crippen LogP contribution in [0.3, 0.4) is 0 Å². The number of guanidine groups is 1. The number of rotatable bonds is 4. The maximum Gasteiger partial charge on any atom is 0.189 e. The molecule has 2 fully saturated rings. The molecule has 0 saturated heterocycles. The fourth-order valence-electron chi connectivity index (χ4n) is 2.74. The molecule has 0 bridgehead atoms. The lowest BCUT2D eigenvalue weighted by Gasteiger charge is -2.23. The van der Waals surface area contributed by atoms with E-state index in [2.05, 4.69) is 17.2 Å². The molecule has 0 amide bonds. The second kappa shape index (κ2) is 7.44. The van der Waals surface area contributed by atoms with Crippen LogP contribution in [-0.2, 0) is 0 Å². The maximum atomic E-state index is 5.94. The van der Waals surface area contributed by atoms with Gasteiger partial charge in [0.15, 0.2) is 5.96 Å². The monoisotopic (exact) mass is 351 g/mol. The topological polar surface area (TPSA) is 50.4 Å². The van der Waals surface area contributed by atoms with Crippen molar-refractivity contribution in [1.29, 1.82) is 0 Å². The summed E-state index contributed by atoms with van der Waals surface area (Å²) < 4.78 is 0. The zero-order chi connectivity index (χ0) is 11.4. The molecule has 0 aromatic carbocycles. The third-order valence-electron chi connectivity index (χ3n) is 3.81. The maximum absolute atomic E-state index is 5.94. The smallest absolute Gasteiger partial charge is 0.189 e. The lowest BCUT2D eigenvalue weighted by molar-refractivity contribution is 0.412. The fourth-order valence-corrected chi connectivity index (χ4v) is 2.74. The van der Waals surface area contributed by atoms with Gasteiger partial charge in [-0.25, -0.2) is 4.99 Å². The van der Waals surface area contributed by atoms with Crippen LogP contribution in [0.25, 0.3) is 0 Å². The average molecular weight is 351 g/mol. The van der Waals surface area contributed by atoms with E-state index < -0.39 is 0 Å². The molecule has 0 aromatic heterocycles. The zero-order valence-corrected chi connectivity index (χ0v) is 13.2. The molecule has 3 nitrogen and oxygen atoms in total. The molecule has 100 valence electrons. The minimum absolute atomic E-state index is 0. The first-order valence-electron chi connectivity index (χ1n) is 6.89. The van der Waals surface area contributed by atoms with Gasteiger partial charge in [-0.1, -0.05) is 32.6 Å². The van der Waals surface area contributed by atoms with Crippen LogP contribution in [0.2, 0.25) is 0 Å². The molecular formula is C13H26IN3. The largest absolute Gasteiger partial charge is 0.370 e. The summed E-state index contributed by atoms with van der Waals surface area (Å²) in [6, 6.07) is 1.11. The Morgan fingerprint density at radius 3 is 2.65 bits per heavy atom. The summed E-state index contributed by atoms with van der Waals surface area (Å²) in [6.45, 7) is 2.24. The first kappa shape index (κ1) is 15.1. The average Bonchev–Trinajstić information content (AvgIpc) is 2.98. The van der Waals surface area contributed by atoms with Gasteiger partial charge in [0.2, 0.25) is 0 Å². The minimum atomic E-state index is 0. The molecule has 2 saturated carbocycles. The molecule has 0 heterocycles. The van der Waals surface area contributed by atoms with E-state index in [0.29, 0.717) is 18.0 Å². The Kier molecular flexibility index (Phi) is 6.59. The van der Waals surface area contributed by atoms with Crippen molar-refractivity contribution in [2.24, 2.45) is 16.6 Å². The van der Waals surface area contributed by atoms with Crippen LogP contribution < -0.4 is 11.1 Å². The van der Waals surface area contributed by atoms with Gasteiger partial charge in [-0.05, 0) is 31.6 Å². The molecular weight excluding hydrogens is 325 g/mol. The Labute approximate surface area is 122 Å². The van der Waals surface area contributed by atoms with Crippen molar-refractivity contribution in [1.82, 2.24) is 5.32 Å². The van der Waals surface area contributed by atoms with Crippen LogP contribution in [0.4, 0.5) is 0 Å². The molecule has 4 heteroatoms. The van der Waals surface area contributed by atoms with Crippen LogP contribution in [0.5, 0.6) is 0 Å². The molecule has 2 unspecified atom stereocenters. The van der Waals surface area contributed by atoms with Crippen LogP contribution in [-0.4, -0.2) is 18.0 Å². The highest BCUT2D eigenvalue weighted by Gasteiger charge is 2.36. The number of nitrogens with zero attached hydrogens (tertiary/aromatic N) is 1. The molecule has 2 atom stereocenters. The summed E-state index contributed by atoms with van der Waals surface area (Å²) in [5.41, 5.74) is 5.94. The Bertz CT molecular complexity index is 249. The van der Waals surface area contributed by atoms with Crippen LogP contribution in [0, 0.1) is 5.92 Å². The third-order valence-corrected chi connectivity index (χ3v) is 3.81. The Morgan fingerprint density at radius 2 is 2.00 bits per heavy atom. The van der Waals surface area contributed by atoms with Crippen molar-refractivity contribution in [3.63, 3.8) is 0 Å². The van der Waals surface area contributed by atoms with E-state index >= 15 is 0 Å². The van der Waals surface area contributed by atoms with Gasteiger partial charge in [0.05, 0.1) is 6.04 Å². The molecule has 0 aromatic rings. The Morgan fingerprint density at radius 1 is 1.29 bits per heavy atom. The summed E-state index contributed by atoms with van der Waals surface area (Å²) in [5.74, 6) is 1.51. The molecule has 2 aliphatic carbocycles. The highest BCUT2D eigenvalue weighted by Crippen LogP contribution is 2.37. The van der Waals surface area contributed by atoms with E-state index in [1.807, 2.05) is 0 Å². The third kappa shape index (κ3) is 5.02. The molecule has 3 N–H and O–H groups in total. The lowest BCUT2D eigenvalue weighted by Crippen LogP contribution is -2.41. The number of nitrogens with one attached hydrogen (secondary N) is 1. The summed E-state index contributed by atoms with van der Waals surface area (Å²) in [4.78, 5) is 4.57. The van der Waals surface area contributed by atoms with Crippen molar-refractivity contribution in [3.05, 3.63) is 0 Å². The minimum Gasteiger partial charge on any atom is -0.370 e. The summed E-state index contributed by atoms with van der Waals surface area (Å²) >= 11 is 0. The first-order valence-corrected chi connectivity index (χ1v) is 6.89. The Hall–Kier alpha value is 0. The van der Waals surface area contributed by atoms with Gasteiger partial charge in [0.25, 0.3) is 0 Å². The van der Waals surface area contributed by atoms with Gasteiger partial charge in [0.1, 0.15) is 0 Å². The quantitative estimate of drug-likeness (QED) is 0.465. The molecule has 0 aliphatic heterocycles. The van der Waals surface area contributed by atoms with Gasteiger partial charge in [-0.2, -0.15) is 0 Å². The van der Waals surface area contributed by atoms with E-state index in [0.717, 1.165) is 5.92 Å². The number of nitrogens with two attached hydrogens (primary N) is 1. The number of hydrogen-bond acceptors (Lipinski definition) is 1. The number of aliphatic imine (C=N–C) groups is 1. The zero-order valence-electron chi connectivity index (χ0n) is 10.8. The fraction of sp³-hybridized carbons (Fsp3) is 0.923. The van der Waals surface area contributed by atoms with Gasteiger partial charge in [-0.15, -0.1) is 24.0 Å². The summed E-state index contributed by atoms with van der Waals surface area (Å²) in [7, 11) is 0. The molecule has 2 aliphatic rings. The second-order valence-corrected chi connectivity index (χ2v) is 5.35. The van der Waals surface area contributed by atoms with Crippen molar-refractivity contribution in [2.75, 3.05) is 0 Å². The summed E-state index contributed by atoms with van der Waals surface area (Å²) in [6.07, 6.45) is 10.4. The SMILES string of the molecule is CCCC1CC1N=C(N)NC1CCCCC1.I. The van der Waals surface area contributed by atoms with Crippen molar-refractivity contribution < 1.29 is 0 Å². The lowest BCUT2D eigenvalue weighted by atomic mass is 9.96. The van der Waals surface area contributed by atoms with E-state index in [-0.39, 0.29) is 24.0 Å². The highest BCUT2D eigenvalue weighted by atomic mass is 127. The summed E-state index contributed by atoms with van der Waals surface area (Å²) in [5, 5.41) is 3.38. The number of halogens is 1. The normalized spacial score (nSPS) is 29.6. The van der Waals surface area contributed by atoms with E-state index in [4.69, 9.17) is 5.73 Å². The van der Waals surface area contributed by atoms with E-state index in [1.165, 1.54) is 51.4 Å². The molecule has 17 heavy (non-hydrogen) atoms. The van der Waals surface area contributed by atoms with Crippen molar-refractivity contribution >= 4 is 29.9 Å². The van der Waals surface area contributed by atoms with Crippen molar-refractivity contribution in [3.8, 4) is 0 Å². The van der Waals surface area contributed by atoms with E-state index in [1.54, 1.807) is 0 Å².